The van der Waals surface area contributed by atoms with Crippen molar-refractivity contribution in [2.75, 3.05) is 7.11 Å². The third-order valence-corrected chi connectivity index (χ3v) is 10.7. The molecule has 45 heavy (non-hydrogen) atoms. The van der Waals surface area contributed by atoms with E-state index < -0.39 is 69.7 Å². The molecule has 4 bridgehead atoms. The van der Waals surface area contributed by atoms with Gasteiger partial charge in [0.05, 0.1) is 34.9 Å². The lowest BCUT2D eigenvalue weighted by atomic mass is 9.45. The van der Waals surface area contributed by atoms with E-state index in [2.05, 4.69) is 0 Å². The van der Waals surface area contributed by atoms with Crippen LogP contribution in [-0.4, -0.2) is 85.3 Å². The number of carboxylic acids is 1. The first-order chi connectivity index (χ1) is 20.7. The molecular formula is C34H42O11. The van der Waals surface area contributed by atoms with Crippen LogP contribution in [0.2, 0.25) is 0 Å². The van der Waals surface area contributed by atoms with Crippen LogP contribution in [0.5, 0.6) is 17.2 Å². The van der Waals surface area contributed by atoms with Gasteiger partial charge in [-0.3, -0.25) is 9.59 Å². The zero-order chi connectivity index (χ0) is 33.2. The van der Waals surface area contributed by atoms with Crippen molar-refractivity contribution < 1.29 is 53.8 Å². The molecule has 3 aliphatic heterocycles. The molecule has 244 valence electrons. The highest BCUT2D eigenvalue weighted by Crippen LogP contribution is 2.70. The average molecular weight is 627 g/mol. The molecule has 1 saturated heterocycles. The lowest BCUT2D eigenvalue weighted by Gasteiger charge is -2.62. The van der Waals surface area contributed by atoms with Gasteiger partial charge in [-0.1, -0.05) is 6.08 Å². The third-order valence-electron chi connectivity index (χ3n) is 10.7. The predicted octanol–water partition coefficient (Wildman–Crippen LogP) is 3.38. The van der Waals surface area contributed by atoms with Gasteiger partial charge >= 0.3 is 5.97 Å². The fourth-order valence-electron chi connectivity index (χ4n) is 8.45. The van der Waals surface area contributed by atoms with Crippen molar-refractivity contribution in [2.45, 2.75) is 108 Å². The molecule has 3 heterocycles. The molecule has 7 atom stereocenters. The fraction of sp³-hybridized carbons (Fsp3) is 0.618. The Kier molecular flexibility index (Phi) is 6.79. The molecule has 3 saturated carbocycles. The highest BCUT2D eigenvalue weighted by molar-refractivity contribution is 6.10. The van der Waals surface area contributed by atoms with Gasteiger partial charge in [0.1, 0.15) is 28.4 Å². The minimum Gasteiger partial charge on any atom is -0.506 e. The normalized spacial score (nSPS) is 34.4. The summed E-state index contributed by atoms with van der Waals surface area (Å²) in [4.78, 5) is 41.3. The van der Waals surface area contributed by atoms with Crippen LogP contribution < -0.4 is 9.47 Å². The molecule has 0 unspecified atom stereocenters. The van der Waals surface area contributed by atoms with Crippen molar-refractivity contribution in [2.24, 2.45) is 17.8 Å². The van der Waals surface area contributed by atoms with E-state index in [4.69, 9.17) is 18.9 Å². The van der Waals surface area contributed by atoms with Crippen LogP contribution in [0.1, 0.15) is 82.8 Å². The molecule has 4 N–H and O–H groups in total. The zero-order valence-electron chi connectivity index (χ0n) is 26.9. The van der Waals surface area contributed by atoms with Crippen LogP contribution >= 0.6 is 0 Å². The number of phenols is 1. The van der Waals surface area contributed by atoms with Crippen LogP contribution in [0.25, 0.3) is 6.08 Å². The van der Waals surface area contributed by atoms with E-state index in [1.54, 1.807) is 12.2 Å². The summed E-state index contributed by atoms with van der Waals surface area (Å²) in [5.41, 5.74) is -6.40. The van der Waals surface area contributed by atoms with Gasteiger partial charge in [0.15, 0.2) is 22.8 Å². The minimum absolute atomic E-state index is 0.00498. The topological polar surface area (TPSA) is 169 Å². The third kappa shape index (κ3) is 4.13. The number of benzene rings is 1. The maximum atomic E-state index is 14.9. The Morgan fingerprint density at radius 1 is 1.18 bits per heavy atom. The first-order valence-corrected chi connectivity index (χ1v) is 15.3. The van der Waals surface area contributed by atoms with Crippen LogP contribution in [0.4, 0.5) is 0 Å². The van der Waals surface area contributed by atoms with E-state index in [0.29, 0.717) is 6.42 Å². The Morgan fingerprint density at radius 2 is 1.84 bits per heavy atom. The smallest absolute Gasteiger partial charge is 0.330 e. The molecule has 1 aromatic rings. The number of ketones is 2. The second kappa shape index (κ2) is 9.63. The molecule has 11 nitrogen and oxygen atoms in total. The molecule has 6 aliphatic rings. The van der Waals surface area contributed by atoms with Crippen molar-refractivity contribution in [1.29, 1.82) is 0 Å². The number of carboxylic acid groups (broad SMARTS) is 1. The van der Waals surface area contributed by atoms with Crippen molar-refractivity contribution in [3.05, 3.63) is 34.4 Å². The number of aliphatic carboxylic acids is 1. The first-order valence-electron chi connectivity index (χ1n) is 15.3. The van der Waals surface area contributed by atoms with Gasteiger partial charge in [-0.05, 0) is 67.0 Å². The van der Waals surface area contributed by atoms with Gasteiger partial charge in [-0.2, -0.15) is 0 Å². The van der Waals surface area contributed by atoms with Crippen molar-refractivity contribution in [3.8, 4) is 17.2 Å². The van der Waals surface area contributed by atoms with Crippen LogP contribution in [0, 0.1) is 17.8 Å². The highest BCUT2D eigenvalue weighted by Gasteiger charge is 2.85. The molecular weight excluding hydrogens is 584 g/mol. The van der Waals surface area contributed by atoms with Crippen LogP contribution in [0.3, 0.4) is 0 Å². The maximum absolute atomic E-state index is 14.9. The van der Waals surface area contributed by atoms with Gasteiger partial charge in [0, 0.05) is 42.9 Å². The van der Waals surface area contributed by atoms with E-state index in [9.17, 15) is 34.8 Å². The van der Waals surface area contributed by atoms with E-state index in [1.807, 2.05) is 27.7 Å². The number of rotatable bonds is 7. The number of hydrogen-bond donors (Lipinski definition) is 4. The number of carbonyl (C=O) groups excluding carboxylic acids is 2. The molecule has 3 aliphatic carbocycles. The number of aliphatic hydroxyl groups is 2. The maximum Gasteiger partial charge on any atom is 0.330 e. The summed E-state index contributed by atoms with van der Waals surface area (Å²) in [5.74, 6) is -4.56. The Labute approximate surface area is 261 Å². The molecule has 0 radical (unpaired) electrons. The van der Waals surface area contributed by atoms with Gasteiger partial charge in [-0.15, -0.1) is 0 Å². The second-order valence-electron chi connectivity index (χ2n) is 14.8. The Balaban J connectivity index is 1.67. The molecule has 0 aromatic heterocycles. The number of ether oxygens (including phenoxy) is 4. The summed E-state index contributed by atoms with van der Waals surface area (Å²) < 4.78 is 26.0. The predicted molar refractivity (Wildman–Crippen MR) is 160 cm³/mol. The van der Waals surface area contributed by atoms with Crippen molar-refractivity contribution in [3.63, 3.8) is 0 Å². The average Bonchev–Trinajstić information content (AvgIpc) is 3.08. The highest BCUT2D eigenvalue weighted by atomic mass is 16.6. The number of phenolic OH excluding ortho intramolecular Hbond substituents is 1. The molecule has 1 aromatic carbocycles. The summed E-state index contributed by atoms with van der Waals surface area (Å²) in [6, 6.07) is 0. The number of hydrogen-bond acceptors (Lipinski definition) is 10. The lowest BCUT2D eigenvalue weighted by Crippen LogP contribution is -2.80. The van der Waals surface area contributed by atoms with E-state index in [-0.39, 0.29) is 58.1 Å². The first kappa shape index (κ1) is 31.7. The monoisotopic (exact) mass is 626 g/mol. The lowest BCUT2D eigenvalue weighted by molar-refractivity contribution is -0.224. The SMILES string of the molecule is CO[C@@H]1[C@H]2C[C@@H]3C(C)(C)O[C@](C/C=C(/C)C(=O)O)(C2=O)[C@@]32Oc3c(C[C@@H](O)C(C)(C)O)c4c(c(O)c3C(=O)[C@@H]12)C=CC(C)(C)O4. The Hall–Kier alpha value is -3.25. The molecule has 11 heteroatoms. The number of methoxy groups -OCH3 is 1. The van der Waals surface area contributed by atoms with Gasteiger partial charge in [-0.25, -0.2) is 4.79 Å². The molecule has 4 fully saturated rings. The molecule has 7 rings (SSSR count). The largest absolute Gasteiger partial charge is 0.506 e. The summed E-state index contributed by atoms with van der Waals surface area (Å²) in [6.45, 7) is 11.6. The number of aliphatic hydroxyl groups excluding tert-OH is 1. The number of carbonyl (C=O) groups is 3. The molecule has 1 spiro atoms. The van der Waals surface area contributed by atoms with Gasteiger partial charge in [0.2, 0.25) is 0 Å². The Morgan fingerprint density at radius 3 is 2.44 bits per heavy atom. The van der Waals surface area contributed by atoms with E-state index >= 15 is 0 Å². The summed E-state index contributed by atoms with van der Waals surface area (Å²) in [7, 11) is 1.43. The van der Waals surface area contributed by atoms with Crippen LogP contribution in [-0.2, 0) is 25.5 Å². The van der Waals surface area contributed by atoms with Gasteiger partial charge < -0.3 is 39.4 Å². The summed E-state index contributed by atoms with van der Waals surface area (Å²) in [6.07, 6.45) is 2.53. The second-order valence-corrected chi connectivity index (χ2v) is 14.8. The van der Waals surface area contributed by atoms with Gasteiger partial charge in [0.25, 0.3) is 0 Å². The van der Waals surface area contributed by atoms with E-state index in [1.165, 1.54) is 34.0 Å². The summed E-state index contributed by atoms with van der Waals surface area (Å²) >= 11 is 0. The van der Waals surface area contributed by atoms with Crippen LogP contribution in [0.15, 0.2) is 17.7 Å². The number of fused-ring (bicyclic) bond motifs is 2. The fourth-order valence-corrected chi connectivity index (χ4v) is 8.45. The van der Waals surface area contributed by atoms with Crippen molar-refractivity contribution >= 4 is 23.6 Å². The van der Waals surface area contributed by atoms with E-state index in [0.717, 1.165) is 0 Å². The molecule has 0 amide bonds. The quantitative estimate of drug-likeness (QED) is 0.327. The Bertz CT molecular complexity index is 1580. The standard InChI is InChI=1S/C34H42O11/c1-15(29(39)40)9-12-33-28(38)18-13-19(32(6,7)45-33)34(33)22(27(18)42-8)24(37)21-23(36)16-10-11-30(2,3)43-25(16)17(26(21)44-34)14-20(35)31(4,5)41/h9-11,18-20,22,27,35-36,41H,12-14H2,1-8H3,(H,39,40)/b15-9-/t18-,19-,20-,22+,27-,33-,34-/m1/s1. The summed E-state index contributed by atoms with van der Waals surface area (Å²) in [5, 5.41) is 43.2. The zero-order valence-corrected chi connectivity index (χ0v) is 26.9. The minimum atomic E-state index is -1.76. The van der Waals surface area contributed by atoms with Crippen molar-refractivity contribution in [1.82, 2.24) is 0 Å². The number of Topliss-reactive ketones (excluding diaryl/α,β-unsaturated/α-hetero) is 2. The number of aromatic hydroxyl groups is 1.